The summed E-state index contributed by atoms with van der Waals surface area (Å²) in [6, 6.07) is 20.4. The second-order valence-electron chi connectivity index (χ2n) is 5.38. The van der Waals surface area contributed by atoms with Gasteiger partial charge in [-0.3, -0.25) is 14.5 Å². The average molecular weight is 351 g/mol. The minimum absolute atomic E-state index is 0.0912. The monoisotopic (exact) mass is 351 g/mol. The van der Waals surface area contributed by atoms with E-state index >= 15 is 0 Å². The number of anilines is 2. The lowest BCUT2D eigenvalue weighted by Crippen LogP contribution is -2.27. The van der Waals surface area contributed by atoms with E-state index in [-0.39, 0.29) is 17.2 Å². The number of amides is 1. The molecule has 0 saturated heterocycles. The van der Waals surface area contributed by atoms with Crippen molar-refractivity contribution < 1.29 is 4.79 Å². The summed E-state index contributed by atoms with van der Waals surface area (Å²) in [4.78, 5) is 33.0. The van der Waals surface area contributed by atoms with Crippen molar-refractivity contribution in [1.29, 1.82) is 0 Å². The number of nitrogens with zero attached hydrogens (tertiary/aromatic N) is 2. The summed E-state index contributed by atoms with van der Waals surface area (Å²) >= 11 is 1.22. The fraction of sp³-hybridized carbons (Fsp3) is 0.105. The zero-order valence-electron chi connectivity index (χ0n) is 13.7. The van der Waals surface area contributed by atoms with Gasteiger partial charge in [0.2, 0.25) is 5.91 Å². The molecule has 0 aliphatic rings. The maximum Gasteiger partial charge on any atom is 0.251 e. The van der Waals surface area contributed by atoms with Crippen LogP contribution in [0.2, 0.25) is 0 Å². The van der Waals surface area contributed by atoms with Crippen LogP contribution in [0.4, 0.5) is 11.4 Å². The van der Waals surface area contributed by atoms with Crippen molar-refractivity contribution in [2.24, 2.45) is 0 Å². The van der Waals surface area contributed by atoms with E-state index in [1.165, 1.54) is 17.8 Å². The molecule has 0 saturated carbocycles. The molecular formula is C19H17N3O2S. The van der Waals surface area contributed by atoms with E-state index in [0.717, 1.165) is 11.4 Å². The molecule has 0 unspecified atom stereocenters. The number of hydrogen-bond donors (Lipinski definition) is 1. The molecule has 126 valence electrons. The molecule has 1 heterocycles. The van der Waals surface area contributed by atoms with Gasteiger partial charge in [0.1, 0.15) is 0 Å². The number of nitrogens with one attached hydrogen (secondary N) is 1. The van der Waals surface area contributed by atoms with E-state index in [4.69, 9.17) is 0 Å². The minimum atomic E-state index is -0.217. The van der Waals surface area contributed by atoms with Crippen LogP contribution >= 0.6 is 11.8 Å². The number of aryl methyl sites for hydroxylation is 1. The normalized spacial score (nSPS) is 10.4. The summed E-state index contributed by atoms with van der Waals surface area (Å²) in [5, 5.41) is 0.444. The van der Waals surface area contributed by atoms with E-state index in [0.29, 0.717) is 10.9 Å². The van der Waals surface area contributed by atoms with Crippen molar-refractivity contribution in [1.82, 2.24) is 9.97 Å². The molecule has 2 aromatic carbocycles. The van der Waals surface area contributed by atoms with Crippen LogP contribution in [0.5, 0.6) is 0 Å². The highest BCUT2D eigenvalue weighted by Crippen LogP contribution is 2.26. The van der Waals surface area contributed by atoms with Crippen LogP contribution in [0.25, 0.3) is 0 Å². The molecule has 0 atom stereocenters. The maximum absolute atomic E-state index is 12.9. The Balaban J connectivity index is 1.83. The van der Waals surface area contributed by atoms with E-state index < -0.39 is 0 Å². The highest BCUT2D eigenvalue weighted by Gasteiger charge is 2.18. The van der Waals surface area contributed by atoms with Gasteiger partial charge in [-0.2, -0.15) is 0 Å². The molecule has 0 aliphatic heterocycles. The number of H-pyrrole nitrogens is 1. The zero-order valence-corrected chi connectivity index (χ0v) is 14.5. The minimum Gasteiger partial charge on any atom is -0.301 e. The van der Waals surface area contributed by atoms with Gasteiger partial charge in [-0.25, -0.2) is 4.98 Å². The highest BCUT2D eigenvalue weighted by molar-refractivity contribution is 7.99. The standard InChI is InChI=1S/C19H17N3O2S/c1-14-12-17(23)21-19(20-14)25-13-18(24)22(15-8-4-2-5-9-15)16-10-6-3-7-11-16/h2-12H,13H2,1H3,(H,20,21,23). The van der Waals surface area contributed by atoms with E-state index in [1.54, 1.807) is 11.8 Å². The van der Waals surface area contributed by atoms with Crippen LogP contribution in [0.3, 0.4) is 0 Å². The highest BCUT2D eigenvalue weighted by atomic mass is 32.2. The van der Waals surface area contributed by atoms with Gasteiger partial charge in [-0.05, 0) is 31.2 Å². The lowest BCUT2D eigenvalue weighted by molar-refractivity contribution is -0.115. The smallest absolute Gasteiger partial charge is 0.251 e. The van der Waals surface area contributed by atoms with Crippen LogP contribution in [-0.4, -0.2) is 21.6 Å². The Morgan fingerprint density at radius 1 is 1.04 bits per heavy atom. The zero-order chi connectivity index (χ0) is 17.6. The summed E-state index contributed by atoms with van der Waals surface area (Å²) in [5.74, 6) is 0.0717. The largest absolute Gasteiger partial charge is 0.301 e. The summed E-state index contributed by atoms with van der Waals surface area (Å²) < 4.78 is 0. The number of thioether (sulfide) groups is 1. The Morgan fingerprint density at radius 3 is 2.12 bits per heavy atom. The van der Waals surface area contributed by atoms with E-state index in [2.05, 4.69) is 9.97 Å². The molecule has 0 bridgehead atoms. The van der Waals surface area contributed by atoms with Gasteiger partial charge in [-0.1, -0.05) is 48.2 Å². The van der Waals surface area contributed by atoms with Gasteiger partial charge in [0, 0.05) is 23.1 Å². The third-order valence-corrected chi connectivity index (χ3v) is 4.32. The first-order valence-electron chi connectivity index (χ1n) is 7.77. The van der Waals surface area contributed by atoms with Crippen molar-refractivity contribution in [3.05, 3.63) is 82.8 Å². The molecule has 3 aromatic rings. The summed E-state index contributed by atoms with van der Waals surface area (Å²) in [6.45, 7) is 1.75. The average Bonchev–Trinajstić information content (AvgIpc) is 2.61. The molecule has 0 radical (unpaired) electrons. The first-order valence-corrected chi connectivity index (χ1v) is 8.76. The van der Waals surface area contributed by atoms with Crippen molar-refractivity contribution in [3.8, 4) is 0 Å². The second kappa shape index (κ2) is 7.81. The molecule has 3 rings (SSSR count). The molecule has 0 aliphatic carbocycles. The topological polar surface area (TPSA) is 66.1 Å². The Kier molecular flexibility index (Phi) is 5.30. The van der Waals surface area contributed by atoms with Gasteiger partial charge in [0.25, 0.3) is 5.56 Å². The molecule has 5 nitrogen and oxygen atoms in total. The summed E-state index contributed by atoms with van der Waals surface area (Å²) in [5.41, 5.74) is 2.00. The fourth-order valence-electron chi connectivity index (χ4n) is 2.41. The number of aromatic nitrogens is 2. The number of aromatic amines is 1. The molecule has 1 N–H and O–H groups in total. The van der Waals surface area contributed by atoms with Crippen molar-refractivity contribution in [2.45, 2.75) is 12.1 Å². The van der Waals surface area contributed by atoms with Crippen LogP contribution in [0, 0.1) is 6.92 Å². The molecule has 25 heavy (non-hydrogen) atoms. The second-order valence-corrected chi connectivity index (χ2v) is 6.34. The Hall–Kier alpha value is -2.86. The quantitative estimate of drug-likeness (QED) is 0.564. The van der Waals surface area contributed by atoms with E-state index in [9.17, 15) is 9.59 Å². The van der Waals surface area contributed by atoms with Crippen LogP contribution in [0.15, 0.2) is 76.7 Å². The van der Waals surface area contributed by atoms with Crippen LogP contribution in [-0.2, 0) is 4.79 Å². The van der Waals surface area contributed by atoms with Gasteiger partial charge in [-0.15, -0.1) is 0 Å². The lowest BCUT2D eigenvalue weighted by Gasteiger charge is -2.22. The molecule has 0 spiro atoms. The number of benzene rings is 2. The first-order chi connectivity index (χ1) is 12.1. The van der Waals surface area contributed by atoms with Crippen molar-refractivity contribution in [3.63, 3.8) is 0 Å². The molecular weight excluding hydrogens is 334 g/mol. The van der Waals surface area contributed by atoms with Gasteiger partial charge < -0.3 is 4.98 Å². The Bertz CT molecular complexity index is 871. The van der Waals surface area contributed by atoms with Crippen LogP contribution < -0.4 is 10.5 Å². The predicted octanol–water partition coefficient (Wildman–Crippen LogP) is 3.54. The van der Waals surface area contributed by atoms with Crippen molar-refractivity contribution in [2.75, 3.05) is 10.7 Å². The van der Waals surface area contributed by atoms with Gasteiger partial charge in [0.15, 0.2) is 5.16 Å². The van der Waals surface area contributed by atoms with Gasteiger partial charge >= 0.3 is 0 Å². The lowest BCUT2D eigenvalue weighted by atomic mass is 10.2. The summed E-state index contributed by atoms with van der Waals surface area (Å²) in [7, 11) is 0. The molecule has 1 amide bonds. The van der Waals surface area contributed by atoms with Crippen molar-refractivity contribution >= 4 is 29.0 Å². The number of para-hydroxylation sites is 2. The fourth-order valence-corrected chi connectivity index (χ4v) is 3.18. The Labute approximate surface area is 149 Å². The SMILES string of the molecule is Cc1cc(=O)[nH]c(SCC(=O)N(c2ccccc2)c2ccccc2)n1. The Morgan fingerprint density at radius 2 is 1.60 bits per heavy atom. The number of carbonyl (C=O) groups is 1. The van der Waals surface area contributed by atoms with Gasteiger partial charge in [0.05, 0.1) is 5.75 Å². The molecule has 6 heteroatoms. The van der Waals surface area contributed by atoms with E-state index in [1.807, 2.05) is 60.7 Å². The summed E-state index contributed by atoms with van der Waals surface area (Å²) in [6.07, 6.45) is 0. The number of carbonyl (C=O) groups excluding carboxylic acids is 1. The number of rotatable bonds is 5. The third-order valence-electron chi connectivity index (χ3n) is 3.46. The third kappa shape index (κ3) is 4.36. The number of hydrogen-bond acceptors (Lipinski definition) is 4. The van der Waals surface area contributed by atoms with Crippen LogP contribution in [0.1, 0.15) is 5.69 Å². The predicted molar refractivity (Wildman–Crippen MR) is 100 cm³/mol. The molecule has 1 aromatic heterocycles. The first kappa shape index (κ1) is 17.0. The molecule has 0 fully saturated rings. The maximum atomic E-state index is 12.9.